The summed E-state index contributed by atoms with van der Waals surface area (Å²) in [7, 11) is -8.53. The van der Waals surface area contributed by atoms with Crippen molar-refractivity contribution in [3.8, 4) is 0 Å². The van der Waals surface area contributed by atoms with Crippen molar-refractivity contribution in [1.82, 2.24) is 40.6 Å². The van der Waals surface area contributed by atoms with Gasteiger partial charge in [-0.1, -0.05) is 112 Å². The summed E-state index contributed by atoms with van der Waals surface area (Å²) in [6, 6.07) is 15.8. The van der Waals surface area contributed by atoms with Crippen LogP contribution in [0, 0.1) is 77.0 Å². The Balaban J connectivity index is 1.03. The summed E-state index contributed by atoms with van der Waals surface area (Å²) in [5.41, 5.74) is 17.6. The molecule has 24 nitrogen and oxygen atoms in total. The van der Waals surface area contributed by atoms with Gasteiger partial charge in [-0.2, -0.15) is 0 Å². The van der Waals surface area contributed by atoms with Crippen molar-refractivity contribution in [2.45, 2.75) is 193 Å². The average molecular weight is 1380 g/mol. The second-order valence-corrected chi connectivity index (χ2v) is 30.8. The number of nitrogens with one attached hydrogen (secondary N) is 7. The van der Waals surface area contributed by atoms with Crippen LogP contribution in [0.2, 0.25) is 0 Å². The van der Waals surface area contributed by atoms with Crippen LogP contribution in [-0.4, -0.2) is 124 Å². The Morgan fingerprint density at radius 2 is 1.16 bits per heavy atom. The van der Waals surface area contributed by atoms with Crippen molar-refractivity contribution < 1.29 is 59.9 Å². The number of benzene rings is 4. The lowest BCUT2D eigenvalue weighted by atomic mass is 9.55. The van der Waals surface area contributed by atoms with Gasteiger partial charge in [0.25, 0.3) is 20.0 Å². The van der Waals surface area contributed by atoms with E-state index in [4.69, 9.17) is 20.9 Å². The molecule has 4 aliphatic carbocycles. The summed E-state index contributed by atoms with van der Waals surface area (Å²) < 4.78 is 71.7. The smallest absolute Gasteiger partial charge is 0.407 e. The maximum atomic E-state index is 15.4. The number of amides is 6. The van der Waals surface area contributed by atoms with Crippen molar-refractivity contribution >= 4 is 78.5 Å². The number of unbranched alkanes of at least 4 members (excludes halogenated alkanes) is 1. The van der Waals surface area contributed by atoms with E-state index < -0.39 is 116 Å². The highest BCUT2D eigenvalue weighted by Crippen LogP contribution is 2.54. The number of alkyl carbamates (subject to hydrolysis) is 1. The molecule has 5 atom stereocenters. The van der Waals surface area contributed by atoms with E-state index in [2.05, 4.69) is 41.6 Å². The molecule has 0 unspecified atom stereocenters. The lowest BCUT2D eigenvalue weighted by Gasteiger charge is -2.53. The van der Waals surface area contributed by atoms with Gasteiger partial charge in [-0.05, 0) is 181 Å². The Hall–Kier alpha value is -8.36. The number of hydrogen-bond donors (Lipinski definition) is 9. The van der Waals surface area contributed by atoms with Crippen LogP contribution in [0.5, 0.6) is 0 Å². The van der Waals surface area contributed by atoms with Crippen molar-refractivity contribution in [3.05, 3.63) is 130 Å². The second-order valence-electron chi connectivity index (χ2n) is 27.4. The van der Waals surface area contributed by atoms with E-state index in [-0.39, 0.29) is 60.2 Å². The number of fused-ring (bicyclic) bond motifs is 1. The molecule has 0 saturated heterocycles. The molecule has 1 heterocycles. The van der Waals surface area contributed by atoms with Gasteiger partial charge >= 0.3 is 12.1 Å². The van der Waals surface area contributed by atoms with Crippen LogP contribution >= 0.6 is 0 Å². The Morgan fingerprint density at radius 3 is 1.77 bits per heavy atom. The molecule has 4 fully saturated rings. The molecule has 1 aromatic heterocycles. The van der Waals surface area contributed by atoms with Gasteiger partial charge < -0.3 is 52.8 Å². The lowest BCUT2D eigenvalue weighted by molar-refractivity contribution is -0.145. The predicted molar refractivity (Wildman–Crippen MR) is 369 cm³/mol. The number of esters is 1. The molecule has 526 valence electrons. The van der Waals surface area contributed by atoms with Gasteiger partial charge in [0.1, 0.15) is 43.4 Å². The van der Waals surface area contributed by atoms with Gasteiger partial charge in [0.05, 0.1) is 21.3 Å². The molecule has 9 rings (SSSR count). The zero-order chi connectivity index (χ0) is 70.6. The van der Waals surface area contributed by atoms with E-state index in [0.29, 0.717) is 64.4 Å². The van der Waals surface area contributed by atoms with E-state index in [0.717, 1.165) is 58.2 Å². The number of carbonyl (C=O) groups excluding carboxylic acids is 7. The predicted octanol–water partition coefficient (Wildman–Crippen LogP) is 6.50. The Morgan fingerprint density at radius 1 is 0.619 bits per heavy atom. The molecule has 4 aromatic carbocycles. The number of guanidine groups is 1. The number of aromatic nitrogens is 1. The van der Waals surface area contributed by atoms with Crippen LogP contribution in [0.25, 0.3) is 10.9 Å². The van der Waals surface area contributed by atoms with Crippen LogP contribution in [-0.2, 0) is 71.3 Å². The molecule has 4 aliphatic rings. The van der Waals surface area contributed by atoms with Gasteiger partial charge in [0.15, 0.2) is 0 Å². The molecule has 0 aliphatic heterocycles. The summed E-state index contributed by atoms with van der Waals surface area (Å²) in [5.74, 6) is -4.10. The summed E-state index contributed by atoms with van der Waals surface area (Å²) >= 11 is 0. The Kier molecular flexibility index (Phi) is 25.2. The van der Waals surface area contributed by atoms with Crippen molar-refractivity contribution in [2.75, 3.05) is 19.6 Å². The normalized spacial score (nSPS) is 19.1. The molecule has 6 amide bonds. The van der Waals surface area contributed by atoms with Gasteiger partial charge in [-0.3, -0.25) is 33.8 Å². The summed E-state index contributed by atoms with van der Waals surface area (Å²) in [6.45, 7) is 16.7. The van der Waals surface area contributed by atoms with E-state index in [9.17, 15) is 45.6 Å². The molecule has 26 heteroatoms. The fourth-order valence-corrected chi connectivity index (χ4v) is 17.7. The monoisotopic (exact) mass is 1380 g/mol. The van der Waals surface area contributed by atoms with Gasteiger partial charge in [0, 0.05) is 31.1 Å². The third-order valence-corrected chi connectivity index (χ3v) is 22.3. The number of carbonyl (C=O) groups is 7. The molecule has 11 N–H and O–H groups in total. The van der Waals surface area contributed by atoms with Gasteiger partial charge in [-0.15, -0.1) is 0 Å². The Labute approximate surface area is 569 Å². The maximum absolute atomic E-state index is 15.4. The van der Waals surface area contributed by atoms with Crippen molar-refractivity contribution in [3.63, 3.8) is 0 Å². The quantitative estimate of drug-likeness (QED) is 0.00989. The van der Waals surface area contributed by atoms with E-state index in [1.165, 1.54) is 12.6 Å². The molecule has 97 heavy (non-hydrogen) atoms. The van der Waals surface area contributed by atoms with Crippen LogP contribution in [0.4, 0.5) is 4.79 Å². The number of hydrogen-bond acceptors (Lipinski definition) is 15. The average Bonchev–Trinajstić information content (AvgIpc) is 1.70. The van der Waals surface area contributed by atoms with Crippen molar-refractivity contribution in [2.24, 2.45) is 52.0 Å². The zero-order valence-corrected chi connectivity index (χ0v) is 58.9. The standard InChI is InChI=1S/C71H97N11O13S2/c1-40(2)60(68(87)76-37-59(83)94-39-48-19-12-11-13-20-48)80-66(85)56(23-18-26-74-70(73)81-96(90,91)63-44(7)27-42(5)28-45(63)8)77-67(86)57(36-53-38-82(58-24-15-14-21-54(53)58)97(92,93)64-46(9)29-43(6)30-47(64)10)78-69(88)61(41(3)4)79-65(84)55(72)22-16-17-25-75-71(89)95-62-51-32-49-31-50(34-51)35-52(62)33-49/h11-15,19-21,24,27-30,38,40-41,49-52,55-57,60-62H,16-18,22-23,25-26,31-37,39,72H2,1-10H3,(H,75,89)(H,76,87)(H,77,86)(H,78,88)(H,79,84)(H,80,85)(H3,73,74,81)/t49?,50?,51?,52?,55-,56-,57-,60-,61-,62?/m0/s1. The van der Waals surface area contributed by atoms with Crippen LogP contribution in [0.15, 0.2) is 99.8 Å². The minimum Gasteiger partial charge on any atom is -0.460 e. The first kappa shape index (κ1) is 74.4. The highest BCUT2D eigenvalue weighted by molar-refractivity contribution is 7.90. The topological polar surface area (TPSA) is 360 Å². The fraction of sp³-hybridized carbons (Fsp3) is 0.521. The fourth-order valence-electron chi connectivity index (χ4n) is 14.5. The summed E-state index contributed by atoms with van der Waals surface area (Å²) in [6.07, 6.45) is 7.17. The minimum absolute atomic E-state index is 0.0258. The number of ether oxygens (including phenoxy) is 2. The maximum Gasteiger partial charge on any atom is 0.407 e. The summed E-state index contributed by atoms with van der Waals surface area (Å²) in [5, 5.41) is 16.9. The molecular weight excluding hydrogens is 1280 g/mol. The first-order valence-electron chi connectivity index (χ1n) is 33.6. The van der Waals surface area contributed by atoms with E-state index in [1.54, 1.807) is 128 Å². The first-order valence-corrected chi connectivity index (χ1v) is 36.5. The van der Waals surface area contributed by atoms with Gasteiger partial charge in [-0.25, -0.2) is 30.3 Å². The van der Waals surface area contributed by atoms with Crippen molar-refractivity contribution in [1.29, 1.82) is 0 Å². The SMILES string of the molecule is Cc1cc(C)c(S(=O)(=O)NC(N)=NCCC[C@H](NC(=O)[C@H](Cc2cn(S(=O)(=O)c3c(C)cc(C)cc3C)c3ccccc23)NC(=O)[C@@H](NC(=O)[C@@H](N)CCCCNC(=O)OC2C3CC4CC(C3)CC2C4)C(C)C)C(=O)N[C@H](C(=O)NCC(=O)OCc2ccccc2)C(C)C)c(C)c1. The highest BCUT2D eigenvalue weighted by Gasteiger charge is 2.50. The van der Waals surface area contributed by atoms with Crippen LogP contribution in [0.3, 0.4) is 0 Å². The largest absolute Gasteiger partial charge is 0.460 e. The third-order valence-electron chi connectivity index (χ3n) is 18.7. The zero-order valence-electron chi connectivity index (χ0n) is 57.3. The number of aliphatic imine (C=N–C) groups is 1. The number of nitrogens with zero attached hydrogens (tertiary/aromatic N) is 2. The molecule has 0 spiro atoms. The molecule has 4 saturated carbocycles. The molecule has 5 aromatic rings. The molecule has 0 radical (unpaired) electrons. The first-order chi connectivity index (χ1) is 45.9. The second kappa shape index (κ2) is 32.8. The summed E-state index contributed by atoms with van der Waals surface area (Å²) in [4.78, 5) is 103. The molecular formula is C71H97N11O13S2. The number of para-hydroxylation sites is 1. The third kappa shape index (κ3) is 19.3. The van der Waals surface area contributed by atoms with Crippen LogP contribution in [0.1, 0.15) is 136 Å². The number of sulfonamides is 1. The van der Waals surface area contributed by atoms with Crippen LogP contribution < -0.4 is 48.1 Å². The highest BCUT2D eigenvalue weighted by atomic mass is 32.2. The Bertz CT molecular complexity index is 3890. The molecule has 4 bridgehead atoms. The van der Waals surface area contributed by atoms with E-state index >= 15 is 4.79 Å². The number of nitrogens with two attached hydrogens (primary N) is 2. The number of aryl methyl sites for hydroxylation is 6. The minimum atomic E-state index is -4.32. The number of rotatable bonds is 31. The van der Waals surface area contributed by atoms with Gasteiger partial charge in [0.2, 0.25) is 35.5 Å². The lowest BCUT2D eigenvalue weighted by Crippen LogP contribution is -2.60. The van der Waals surface area contributed by atoms with E-state index in [1.807, 2.05) is 19.9 Å².